The van der Waals surface area contributed by atoms with E-state index in [1.165, 1.54) is 0 Å². The molecule has 3 amide bonds. The molecule has 0 aromatic carbocycles. The number of nitrogens with one attached hydrogen (secondary N) is 2. The van der Waals surface area contributed by atoms with Gasteiger partial charge in [-0.1, -0.05) is 13.8 Å². The first-order chi connectivity index (χ1) is 12.2. The average molecular weight is 363 g/mol. The van der Waals surface area contributed by atoms with Gasteiger partial charge >= 0.3 is 12.0 Å². The number of carbonyl (C=O) groups excluding carboxylic acids is 4. The number of urea groups is 1. The van der Waals surface area contributed by atoms with E-state index < -0.39 is 29.7 Å². The molecule has 26 heavy (non-hydrogen) atoms. The van der Waals surface area contributed by atoms with Gasteiger partial charge in [0, 0.05) is 5.69 Å². The molecular weight excluding hydrogens is 338 g/mol. The first-order valence-corrected chi connectivity index (χ1v) is 8.68. The van der Waals surface area contributed by atoms with Gasteiger partial charge in [0.1, 0.15) is 6.04 Å². The van der Waals surface area contributed by atoms with Crippen LogP contribution in [0.1, 0.15) is 59.3 Å². The molecule has 0 aliphatic carbocycles. The topological polar surface area (TPSA) is 109 Å². The highest BCUT2D eigenvalue weighted by Gasteiger charge is 2.39. The van der Waals surface area contributed by atoms with Crippen molar-refractivity contribution in [3.8, 4) is 0 Å². The molecule has 0 unspecified atom stereocenters. The summed E-state index contributed by atoms with van der Waals surface area (Å²) < 4.78 is 5.00. The van der Waals surface area contributed by atoms with E-state index >= 15 is 0 Å². The molecular formula is C18H25N3O5. The number of ketones is 1. The Bertz CT molecular complexity index is 750. The molecule has 0 bridgehead atoms. The number of amides is 3. The molecule has 0 radical (unpaired) electrons. The van der Waals surface area contributed by atoms with Crippen LogP contribution in [0.3, 0.4) is 0 Å². The third-order valence-electron chi connectivity index (χ3n) is 4.31. The van der Waals surface area contributed by atoms with Gasteiger partial charge in [-0.25, -0.2) is 9.59 Å². The fourth-order valence-electron chi connectivity index (χ4n) is 3.12. The second-order valence-corrected chi connectivity index (χ2v) is 6.82. The maximum Gasteiger partial charge on any atom is 0.340 e. The van der Waals surface area contributed by atoms with Crippen LogP contribution in [0.5, 0.6) is 0 Å². The van der Waals surface area contributed by atoms with Gasteiger partial charge in [0.2, 0.25) is 0 Å². The number of ether oxygens (including phenoxy) is 1. The Balaban J connectivity index is 2.18. The van der Waals surface area contributed by atoms with E-state index in [1.807, 2.05) is 13.8 Å². The van der Waals surface area contributed by atoms with Crippen LogP contribution >= 0.6 is 0 Å². The Labute approximate surface area is 152 Å². The Morgan fingerprint density at radius 1 is 1.23 bits per heavy atom. The maximum absolute atomic E-state index is 12.6. The number of aromatic nitrogens is 1. The van der Waals surface area contributed by atoms with Crippen LogP contribution in [0.15, 0.2) is 0 Å². The Morgan fingerprint density at radius 3 is 2.46 bits per heavy atom. The number of nitrogens with zero attached hydrogens (tertiary/aromatic N) is 1. The third-order valence-corrected chi connectivity index (χ3v) is 4.31. The second kappa shape index (κ2) is 7.72. The minimum absolute atomic E-state index is 0.207. The average Bonchev–Trinajstić information content (AvgIpc) is 2.97. The molecule has 1 aliphatic rings. The number of esters is 1. The highest BCUT2D eigenvalue weighted by atomic mass is 16.5. The van der Waals surface area contributed by atoms with Crippen LogP contribution in [0.4, 0.5) is 4.79 Å². The van der Waals surface area contributed by atoms with Crippen molar-refractivity contribution in [2.75, 3.05) is 13.2 Å². The predicted octanol–water partition coefficient (Wildman–Crippen LogP) is 1.96. The van der Waals surface area contributed by atoms with E-state index in [1.54, 1.807) is 20.8 Å². The summed E-state index contributed by atoms with van der Waals surface area (Å²) in [4.78, 5) is 52.9. The predicted molar refractivity (Wildman–Crippen MR) is 94.0 cm³/mol. The van der Waals surface area contributed by atoms with E-state index in [0.29, 0.717) is 23.2 Å². The van der Waals surface area contributed by atoms with Crippen molar-refractivity contribution in [2.45, 2.75) is 47.1 Å². The number of imide groups is 1. The standard InChI is InChI=1S/C18H25N3O5/c1-6-26-17(24)14-10(4)15(19-11(14)5)13(22)8-21-16(23)12(7-9(2)3)20-18(21)25/h9,12,19H,6-8H2,1-5H3,(H,20,25)/t12-/m1/s1. The van der Waals surface area contributed by atoms with Gasteiger partial charge in [0.05, 0.1) is 24.4 Å². The van der Waals surface area contributed by atoms with Gasteiger partial charge in [-0.2, -0.15) is 0 Å². The molecule has 8 heteroatoms. The van der Waals surface area contributed by atoms with Crippen LogP contribution in [0.25, 0.3) is 0 Å². The van der Waals surface area contributed by atoms with Gasteiger partial charge in [-0.3, -0.25) is 14.5 Å². The SMILES string of the molecule is CCOC(=O)c1c(C)[nH]c(C(=O)CN2C(=O)N[C@H](CC(C)C)C2=O)c1C. The molecule has 1 aliphatic heterocycles. The quantitative estimate of drug-likeness (QED) is 0.437. The normalized spacial score (nSPS) is 17.0. The Morgan fingerprint density at radius 2 is 1.88 bits per heavy atom. The number of H-pyrrole nitrogens is 1. The Kier molecular flexibility index (Phi) is 5.84. The van der Waals surface area contributed by atoms with Crippen LogP contribution < -0.4 is 5.32 Å². The van der Waals surface area contributed by atoms with Gasteiger partial charge < -0.3 is 15.0 Å². The van der Waals surface area contributed by atoms with E-state index in [0.717, 1.165) is 4.90 Å². The van der Waals surface area contributed by atoms with E-state index in [2.05, 4.69) is 10.3 Å². The lowest BCUT2D eigenvalue weighted by atomic mass is 10.0. The molecule has 2 heterocycles. The highest BCUT2D eigenvalue weighted by molar-refractivity contribution is 6.10. The lowest BCUT2D eigenvalue weighted by Gasteiger charge is -2.13. The number of hydrogen-bond donors (Lipinski definition) is 2. The molecule has 1 aromatic rings. The maximum atomic E-state index is 12.6. The van der Waals surface area contributed by atoms with Crippen LogP contribution in [-0.2, 0) is 9.53 Å². The number of carbonyl (C=O) groups is 4. The number of aryl methyl sites for hydroxylation is 1. The smallest absolute Gasteiger partial charge is 0.340 e. The molecule has 0 saturated carbocycles. The van der Waals surface area contributed by atoms with Crippen molar-refractivity contribution >= 4 is 23.7 Å². The number of hydrogen-bond acceptors (Lipinski definition) is 5. The van der Waals surface area contributed by atoms with Gasteiger partial charge in [-0.05, 0) is 38.7 Å². The molecule has 2 N–H and O–H groups in total. The summed E-state index contributed by atoms with van der Waals surface area (Å²) in [6.07, 6.45) is 0.517. The summed E-state index contributed by atoms with van der Waals surface area (Å²) >= 11 is 0. The molecule has 142 valence electrons. The molecule has 1 saturated heterocycles. The van der Waals surface area contributed by atoms with Crippen molar-refractivity contribution in [1.29, 1.82) is 0 Å². The van der Waals surface area contributed by atoms with Crippen molar-refractivity contribution in [2.24, 2.45) is 5.92 Å². The second-order valence-electron chi connectivity index (χ2n) is 6.82. The zero-order chi connectivity index (χ0) is 19.6. The summed E-state index contributed by atoms with van der Waals surface area (Å²) in [5.41, 5.74) is 1.49. The fourth-order valence-corrected chi connectivity index (χ4v) is 3.12. The molecule has 2 rings (SSSR count). The molecule has 1 aromatic heterocycles. The van der Waals surface area contributed by atoms with E-state index in [9.17, 15) is 19.2 Å². The van der Waals surface area contributed by atoms with E-state index in [-0.39, 0.29) is 24.8 Å². The largest absolute Gasteiger partial charge is 0.462 e. The number of rotatable bonds is 7. The molecule has 8 nitrogen and oxygen atoms in total. The van der Waals surface area contributed by atoms with E-state index in [4.69, 9.17) is 4.74 Å². The molecule has 0 spiro atoms. The van der Waals surface area contributed by atoms with Gasteiger partial charge in [0.15, 0.2) is 5.78 Å². The van der Waals surface area contributed by atoms with Crippen molar-refractivity contribution in [3.63, 3.8) is 0 Å². The van der Waals surface area contributed by atoms with Crippen LogP contribution in [0.2, 0.25) is 0 Å². The lowest BCUT2D eigenvalue weighted by Crippen LogP contribution is -2.36. The third kappa shape index (κ3) is 3.79. The molecule has 1 atom stereocenters. The number of Topliss-reactive ketones (excluding diaryl/α,β-unsaturated/α-hetero) is 1. The minimum Gasteiger partial charge on any atom is -0.462 e. The first-order valence-electron chi connectivity index (χ1n) is 8.68. The fraction of sp³-hybridized carbons (Fsp3) is 0.556. The summed E-state index contributed by atoms with van der Waals surface area (Å²) in [7, 11) is 0. The molecule has 1 fully saturated rings. The lowest BCUT2D eigenvalue weighted by molar-refractivity contribution is -0.127. The summed E-state index contributed by atoms with van der Waals surface area (Å²) in [5, 5.41) is 2.61. The zero-order valence-electron chi connectivity index (χ0n) is 15.8. The summed E-state index contributed by atoms with van der Waals surface area (Å²) in [5.74, 6) is -1.11. The summed E-state index contributed by atoms with van der Waals surface area (Å²) in [6.45, 7) is 8.77. The number of aromatic amines is 1. The first kappa shape index (κ1) is 19.7. The van der Waals surface area contributed by atoms with Crippen molar-refractivity contribution in [1.82, 2.24) is 15.2 Å². The minimum atomic E-state index is -0.600. The highest BCUT2D eigenvalue weighted by Crippen LogP contribution is 2.21. The Hall–Kier alpha value is -2.64. The van der Waals surface area contributed by atoms with Gasteiger partial charge in [-0.15, -0.1) is 0 Å². The monoisotopic (exact) mass is 363 g/mol. The van der Waals surface area contributed by atoms with Crippen molar-refractivity contribution in [3.05, 3.63) is 22.5 Å². The van der Waals surface area contributed by atoms with Crippen LogP contribution in [-0.4, -0.2) is 52.8 Å². The van der Waals surface area contributed by atoms with Crippen LogP contribution in [0, 0.1) is 19.8 Å². The van der Waals surface area contributed by atoms with Gasteiger partial charge in [0.25, 0.3) is 5.91 Å². The summed E-state index contributed by atoms with van der Waals surface area (Å²) in [6, 6.07) is -1.17. The van der Waals surface area contributed by atoms with Crippen molar-refractivity contribution < 1.29 is 23.9 Å². The zero-order valence-corrected chi connectivity index (χ0v) is 15.8.